The zero-order valence-corrected chi connectivity index (χ0v) is 14.2. The minimum Gasteiger partial charge on any atom is -0.417 e. The van der Waals surface area contributed by atoms with E-state index in [1.165, 1.54) is 0 Å². The summed E-state index contributed by atoms with van der Waals surface area (Å²) < 4.78 is 68.2. The van der Waals surface area contributed by atoms with Gasteiger partial charge in [0.25, 0.3) is 0 Å². The maximum Gasteiger partial charge on any atom is 0.333 e. The molecule has 0 saturated heterocycles. The van der Waals surface area contributed by atoms with Gasteiger partial charge in [0.1, 0.15) is 0 Å². The Hall–Kier alpha value is -1.97. The Morgan fingerprint density at radius 2 is 1.68 bits per heavy atom. The lowest BCUT2D eigenvalue weighted by Gasteiger charge is -2.23. The third kappa shape index (κ3) is 3.53. The molecule has 1 saturated carbocycles. The van der Waals surface area contributed by atoms with Crippen molar-refractivity contribution in [1.29, 1.82) is 0 Å². The third-order valence-corrected chi connectivity index (χ3v) is 5.84. The van der Waals surface area contributed by atoms with Crippen molar-refractivity contribution in [3.63, 3.8) is 0 Å². The van der Waals surface area contributed by atoms with Gasteiger partial charge in [0.05, 0.1) is 0 Å². The van der Waals surface area contributed by atoms with E-state index in [1.807, 2.05) is 0 Å². The van der Waals surface area contributed by atoms with E-state index >= 15 is 0 Å². The highest BCUT2D eigenvalue weighted by Gasteiger charge is 2.27. The van der Waals surface area contributed by atoms with Gasteiger partial charge in [0, 0.05) is 21.7 Å². The van der Waals surface area contributed by atoms with Crippen LogP contribution < -0.4 is 10.5 Å². The summed E-state index contributed by atoms with van der Waals surface area (Å²) in [4.78, 5) is 3.70. The number of ether oxygens (including phenoxy) is 1. The average Bonchev–Trinajstić information content (AvgIpc) is 2.62. The molecule has 1 aliphatic carbocycles. The van der Waals surface area contributed by atoms with Crippen molar-refractivity contribution in [3.8, 4) is 5.75 Å². The number of hydrogen-bond donors (Lipinski definition) is 1. The van der Waals surface area contributed by atoms with Crippen molar-refractivity contribution in [1.82, 2.24) is 0 Å². The van der Waals surface area contributed by atoms with E-state index in [2.05, 4.69) is 13.8 Å². The van der Waals surface area contributed by atoms with E-state index in [-0.39, 0.29) is 11.2 Å². The van der Waals surface area contributed by atoms with Gasteiger partial charge in [-0.3, -0.25) is 0 Å². The van der Waals surface area contributed by atoms with Gasteiger partial charge in [0.2, 0.25) is 17.5 Å². The van der Waals surface area contributed by atoms with Crippen molar-refractivity contribution in [2.24, 2.45) is 19.5 Å². The molecule has 1 atom stereocenters. The number of benzene rings is 1. The molecule has 2 aliphatic rings. The Labute approximate surface area is 144 Å². The van der Waals surface area contributed by atoms with E-state index in [4.69, 9.17) is 10.5 Å². The molecule has 1 aromatic rings. The average molecular weight is 376 g/mol. The normalized spacial score (nSPS) is 21.4. The predicted octanol–water partition coefficient (Wildman–Crippen LogP) is 3.66. The van der Waals surface area contributed by atoms with Crippen LogP contribution in [0.3, 0.4) is 0 Å². The van der Waals surface area contributed by atoms with Crippen LogP contribution in [0.25, 0.3) is 0 Å². The summed E-state index contributed by atoms with van der Waals surface area (Å²) in [5, 5.41) is 0.155. The van der Waals surface area contributed by atoms with E-state index in [0.29, 0.717) is 0 Å². The lowest BCUT2D eigenvalue weighted by molar-refractivity contribution is 0.382. The molecule has 1 aliphatic heterocycles. The quantitative estimate of drug-likeness (QED) is 0.486. The number of nitrogens with two attached hydrogens (primary N) is 1. The lowest BCUT2D eigenvalue weighted by atomic mass is 10.0. The molecule has 1 fully saturated rings. The van der Waals surface area contributed by atoms with Crippen LogP contribution in [0.2, 0.25) is 0 Å². The van der Waals surface area contributed by atoms with Crippen LogP contribution in [0.4, 0.5) is 17.6 Å². The summed E-state index contributed by atoms with van der Waals surface area (Å²) in [5.41, 5.74) is 4.95. The van der Waals surface area contributed by atoms with Gasteiger partial charge < -0.3 is 10.5 Å². The SMILES string of the molecule is Cc1c(F)c(F)c(F)c(OC2=NC(N)=NS(C3CCCCC3)=N2)c1F. The van der Waals surface area contributed by atoms with Crippen molar-refractivity contribution >= 4 is 22.9 Å². The fourth-order valence-corrected chi connectivity index (χ4v) is 4.27. The molecular formula is C15H16F4N4OS. The van der Waals surface area contributed by atoms with Crippen molar-refractivity contribution in [2.75, 3.05) is 0 Å². The molecular weight excluding hydrogens is 360 g/mol. The smallest absolute Gasteiger partial charge is 0.333 e. The zero-order valence-electron chi connectivity index (χ0n) is 13.4. The van der Waals surface area contributed by atoms with Crippen LogP contribution in [-0.2, 0) is 10.9 Å². The first-order valence-electron chi connectivity index (χ1n) is 7.76. The van der Waals surface area contributed by atoms with Crippen LogP contribution in [0.5, 0.6) is 5.75 Å². The number of halogens is 4. The van der Waals surface area contributed by atoms with E-state index in [0.717, 1.165) is 39.0 Å². The predicted molar refractivity (Wildman–Crippen MR) is 87.4 cm³/mol. The highest BCUT2D eigenvalue weighted by molar-refractivity contribution is 7.87. The number of amidine groups is 1. The number of hydrogen-bond acceptors (Lipinski definition) is 5. The zero-order chi connectivity index (χ0) is 18.1. The minimum absolute atomic E-state index is 0.126. The molecule has 136 valence electrons. The second-order valence-corrected chi connectivity index (χ2v) is 7.42. The Morgan fingerprint density at radius 1 is 1.00 bits per heavy atom. The fourth-order valence-electron chi connectivity index (χ4n) is 2.71. The highest BCUT2D eigenvalue weighted by atomic mass is 32.2. The third-order valence-electron chi connectivity index (χ3n) is 4.06. The first-order chi connectivity index (χ1) is 11.9. The van der Waals surface area contributed by atoms with Gasteiger partial charge in [0.15, 0.2) is 17.5 Å². The highest BCUT2D eigenvalue weighted by Crippen LogP contribution is 2.31. The van der Waals surface area contributed by atoms with Gasteiger partial charge in [-0.15, -0.1) is 0 Å². The van der Waals surface area contributed by atoms with Gasteiger partial charge >= 0.3 is 6.02 Å². The van der Waals surface area contributed by atoms with Crippen molar-refractivity contribution in [3.05, 3.63) is 28.8 Å². The number of rotatable bonds is 2. The molecule has 0 bridgehead atoms. The molecule has 10 heteroatoms. The molecule has 5 nitrogen and oxygen atoms in total. The maximum atomic E-state index is 14.1. The molecule has 0 aromatic heterocycles. The lowest BCUT2D eigenvalue weighted by Crippen LogP contribution is -2.26. The first-order valence-corrected chi connectivity index (χ1v) is 8.97. The second-order valence-electron chi connectivity index (χ2n) is 5.80. The topological polar surface area (TPSA) is 72.3 Å². The van der Waals surface area contributed by atoms with E-state index in [9.17, 15) is 17.6 Å². The summed E-state index contributed by atoms with van der Waals surface area (Å²) >= 11 is 0. The van der Waals surface area contributed by atoms with Gasteiger partial charge in [-0.1, -0.05) is 19.3 Å². The summed E-state index contributed by atoms with van der Waals surface area (Å²) in [6.07, 6.45) is 5.03. The van der Waals surface area contributed by atoms with Crippen LogP contribution >= 0.6 is 0 Å². The summed E-state index contributed by atoms with van der Waals surface area (Å²) in [6, 6.07) is -0.412. The maximum absolute atomic E-state index is 14.1. The second kappa shape index (κ2) is 7.11. The Balaban J connectivity index is 1.93. The number of aliphatic imine (C=N–C) groups is 1. The fraction of sp³-hybridized carbons (Fsp3) is 0.467. The van der Waals surface area contributed by atoms with Gasteiger partial charge in [-0.05, 0) is 19.8 Å². The molecule has 0 radical (unpaired) electrons. The van der Waals surface area contributed by atoms with Crippen molar-refractivity contribution < 1.29 is 22.3 Å². The van der Waals surface area contributed by atoms with Gasteiger partial charge in [-0.25, -0.2) is 13.2 Å². The van der Waals surface area contributed by atoms with Crippen LogP contribution in [0, 0.1) is 30.2 Å². The Kier molecular flexibility index (Phi) is 5.07. The van der Waals surface area contributed by atoms with Gasteiger partial charge in [-0.2, -0.15) is 18.1 Å². The molecule has 1 aromatic carbocycles. The van der Waals surface area contributed by atoms with Crippen molar-refractivity contribution in [2.45, 2.75) is 44.3 Å². The molecule has 25 heavy (non-hydrogen) atoms. The molecule has 0 amide bonds. The standard InChI is InChI=1S/C15H16F4N4OS/c1-7-9(16)11(18)12(19)13(10(7)17)24-15-21-14(20)22-25(23-15)8-5-3-2-4-6-8/h8H,2-6H2,1H3,(H2,20,21,22,23). The summed E-state index contributed by atoms with van der Waals surface area (Å²) in [6.45, 7) is 0.974. The molecule has 2 N–H and O–H groups in total. The molecule has 1 unspecified atom stereocenters. The van der Waals surface area contributed by atoms with Crippen LogP contribution in [0.1, 0.15) is 37.7 Å². The van der Waals surface area contributed by atoms with Crippen LogP contribution in [-0.4, -0.2) is 17.2 Å². The van der Waals surface area contributed by atoms with Crippen LogP contribution in [0.15, 0.2) is 13.8 Å². The number of guanidine groups is 1. The molecule has 1 heterocycles. The Morgan fingerprint density at radius 3 is 2.36 bits per heavy atom. The van der Waals surface area contributed by atoms with E-state index in [1.54, 1.807) is 0 Å². The molecule has 0 spiro atoms. The Bertz CT molecular complexity index is 774. The summed E-state index contributed by atoms with van der Waals surface area (Å²) in [5.74, 6) is -7.78. The monoisotopic (exact) mass is 376 g/mol. The summed E-state index contributed by atoms with van der Waals surface area (Å²) in [7, 11) is -0.874. The minimum atomic E-state index is -1.82. The largest absolute Gasteiger partial charge is 0.417 e. The molecule has 3 rings (SSSR count). The van der Waals surface area contributed by atoms with E-state index < -0.39 is 51.5 Å². The first kappa shape index (κ1) is 17.8. The number of nitrogens with zero attached hydrogens (tertiary/aromatic N) is 3.